The number of hydrogen-bond donors (Lipinski definition) is 1. The van der Waals surface area contributed by atoms with Crippen LogP contribution >= 0.6 is 27.3 Å². The molecule has 2 rings (SSSR count). The molecule has 1 saturated heterocycles. The molecule has 1 aromatic heterocycles. The third-order valence-electron chi connectivity index (χ3n) is 1.86. The van der Waals surface area contributed by atoms with Crippen molar-refractivity contribution in [2.75, 3.05) is 13.1 Å². The molecule has 4 heteroatoms. The summed E-state index contributed by atoms with van der Waals surface area (Å²) in [7, 11) is 0. The van der Waals surface area contributed by atoms with Crippen molar-refractivity contribution in [3.8, 4) is 5.75 Å². The largest absolute Gasteiger partial charge is 0.488 e. The Bertz CT molecular complexity index is 257. The van der Waals surface area contributed by atoms with Gasteiger partial charge in [-0.3, -0.25) is 0 Å². The van der Waals surface area contributed by atoms with Gasteiger partial charge >= 0.3 is 0 Å². The number of rotatable bonds is 2. The van der Waals surface area contributed by atoms with Gasteiger partial charge in [0.1, 0.15) is 11.9 Å². The highest BCUT2D eigenvalue weighted by molar-refractivity contribution is 9.11. The molecule has 1 N–H and O–H groups in total. The van der Waals surface area contributed by atoms with E-state index in [1.807, 2.05) is 11.4 Å². The summed E-state index contributed by atoms with van der Waals surface area (Å²) in [6.07, 6.45) is 1.49. The second kappa shape index (κ2) is 3.77. The molecule has 2 nitrogen and oxygen atoms in total. The number of nitrogens with one attached hydrogen (secondary N) is 1. The average Bonchev–Trinajstić information content (AvgIpc) is 2.63. The zero-order chi connectivity index (χ0) is 8.39. The maximum Gasteiger partial charge on any atom is 0.131 e. The van der Waals surface area contributed by atoms with E-state index in [-0.39, 0.29) is 0 Å². The van der Waals surface area contributed by atoms with Crippen molar-refractivity contribution in [2.24, 2.45) is 0 Å². The Kier molecular flexibility index (Phi) is 2.68. The predicted octanol–water partition coefficient (Wildman–Crippen LogP) is 2.25. The lowest BCUT2D eigenvalue weighted by atomic mass is 10.3. The van der Waals surface area contributed by atoms with Gasteiger partial charge in [0.2, 0.25) is 0 Å². The van der Waals surface area contributed by atoms with Gasteiger partial charge in [-0.25, -0.2) is 0 Å². The van der Waals surface area contributed by atoms with Crippen LogP contribution in [0.25, 0.3) is 0 Å². The fourth-order valence-electron chi connectivity index (χ4n) is 1.28. The van der Waals surface area contributed by atoms with E-state index in [4.69, 9.17) is 4.74 Å². The standard InChI is InChI=1S/C8H10BrNOS/c9-8-3-7(5-12-8)11-6-1-2-10-4-6/h3,5-6,10H,1-2,4H2. The Balaban J connectivity index is 1.94. The minimum absolute atomic E-state index is 0.367. The van der Waals surface area contributed by atoms with E-state index in [0.29, 0.717) is 6.10 Å². The third kappa shape index (κ3) is 2.00. The van der Waals surface area contributed by atoms with Crippen LogP contribution in [0.4, 0.5) is 0 Å². The molecule has 0 bridgehead atoms. The van der Waals surface area contributed by atoms with Gasteiger partial charge in [-0.05, 0) is 28.9 Å². The van der Waals surface area contributed by atoms with Crippen molar-refractivity contribution in [3.05, 3.63) is 15.2 Å². The lowest BCUT2D eigenvalue weighted by molar-refractivity contribution is 0.224. The molecule has 1 fully saturated rings. The first-order valence-electron chi connectivity index (χ1n) is 3.96. The van der Waals surface area contributed by atoms with E-state index in [9.17, 15) is 0 Å². The summed E-state index contributed by atoms with van der Waals surface area (Å²) < 4.78 is 6.84. The average molecular weight is 248 g/mol. The number of hydrogen-bond acceptors (Lipinski definition) is 3. The maximum absolute atomic E-state index is 5.71. The van der Waals surface area contributed by atoms with Crippen LogP contribution < -0.4 is 10.1 Å². The van der Waals surface area contributed by atoms with Crippen LogP contribution in [0.15, 0.2) is 15.2 Å². The van der Waals surface area contributed by atoms with E-state index in [0.717, 1.165) is 29.0 Å². The highest BCUT2D eigenvalue weighted by Gasteiger charge is 2.15. The molecule has 0 aliphatic carbocycles. The van der Waals surface area contributed by atoms with Crippen molar-refractivity contribution in [3.63, 3.8) is 0 Å². The smallest absolute Gasteiger partial charge is 0.131 e. The first kappa shape index (κ1) is 8.53. The highest BCUT2D eigenvalue weighted by atomic mass is 79.9. The third-order valence-corrected chi connectivity index (χ3v) is 3.34. The molecular weight excluding hydrogens is 238 g/mol. The summed E-state index contributed by atoms with van der Waals surface area (Å²) in [5, 5.41) is 5.30. The summed E-state index contributed by atoms with van der Waals surface area (Å²) in [5.41, 5.74) is 0. The molecule has 1 unspecified atom stereocenters. The van der Waals surface area contributed by atoms with E-state index in [1.165, 1.54) is 0 Å². The topological polar surface area (TPSA) is 21.3 Å². The van der Waals surface area contributed by atoms with Crippen molar-refractivity contribution >= 4 is 27.3 Å². The van der Waals surface area contributed by atoms with Crippen molar-refractivity contribution in [2.45, 2.75) is 12.5 Å². The van der Waals surface area contributed by atoms with Gasteiger partial charge in [-0.2, -0.15) is 0 Å². The quantitative estimate of drug-likeness (QED) is 0.866. The van der Waals surface area contributed by atoms with Gasteiger partial charge in [-0.1, -0.05) is 0 Å². The first-order valence-corrected chi connectivity index (χ1v) is 5.63. The lowest BCUT2D eigenvalue weighted by Crippen LogP contribution is -2.19. The van der Waals surface area contributed by atoms with Crippen LogP contribution in [-0.2, 0) is 0 Å². The van der Waals surface area contributed by atoms with Gasteiger partial charge in [-0.15, -0.1) is 11.3 Å². The molecule has 2 heterocycles. The molecular formula is C8H10BrNOS. The van der Waals surface area contributed by atoms with E-state index >= 15 is 0 Å². The minimum Gasteiger partial charge on any atom is -0.488 e. The van der Waals surface area contributed by atoms with Gasteiger partial charge in [0, 0.05) is 18.0 Å². The summed E-state index contributed by atoms with van der Waals surface area (Å²) in [6.45, 7) is 2.06. The van der Waals surface area contributed by atoms with Crippen molar-refractivity contribution in [1.82, 2.24) is 5.32 Å². The fourth-order valence-corrected chi connectivity index (χ4v) is 2.32. The number of ether oxygens (including phenoxy) is 1. The second-order valence-corrected chi connectivity index (χ2v) is 5.11. The summed E-state index contributed by atoms with van der Waals surface area (Å²) in [6, 6.07) is 2.02. The van der Waals surface area contributed by atoms with Gasteiger partial charge in [0.15, 0.2) is 0 Å². The van der Waals surface area contributed by atoms with Gasteiger partial charge in [0.05, 0.1) is 3.79 Å². The van der Waals surface area contributed by atoms with E-state index < -0.39 is 0 Å². The number of halogens is 1. The normalized spacial score (nSPS) is 22.9. The Hall–Kier alpha value is -0.0600. The van der Waals surface area contributed by atoms with Crippen molar-refractivity contribution < 1.29 is 4.74 Å². The van der Waals surface area contributed by atoms with Crippen LogP contribution in [0, 0.1) is 0 Å². The molecule has 1 atom stereocenters. The van der Waals surface area contributed by atoms with Crippen LogP contribution in [0.5, 0.6) is 5.75 Å². The SMILES string of the molecule is Brc1cc(OC2CCNC2)cs1. The number of thiophene rings is 1. The Labute approximate surface area is 84.1 Å². The Morgan fingerprint density at radius 3 is 3.17 bits per heavy atom. The highest BCUT2D eigenvalue weighted by Crippen LogP contribution is 2.27. The lowest BCUT2D eigenvalue weighted by Gasteiger charge is -2.09. The predicted molar refractivity (Wildman–Crippen MR) is 53.9 cm³/mol. The molecule has 1 aromatic rings. The van der Waals surface area contributed by atoms with Crippen LogP contribution in [0.3, 0.4) is 0 Å². The maximum atomic E-state index is 5.71. The molecule has 0 saturated carbocycles. The first-order chi connectivity index (χ1) is 5.84. The molecule has 12 heavy (non-hydrogen) atoms. The summed E-state index contributed by atoms with van der Waals surface area (Å²) >= 11 is 5.06. The van der Waals surface area contributed by atoms with Crippen LogP contribution in [-0.4, -0.2) is 19.2 Å². The molecule has 0 aromatic carbocycles. The molecule has 1 aliphatic rings. The monoisotopic (exact) mass is 247 g/mol. The van der Waals surface area contributed by atoms with E-state index in [2.05, 4.69) is 21.2 Å². The Morgan fingerprint density at radius 1 is 1.67 bits per heavy atom. The Morgan fingerprint density at radius 2 is 2.58 bits per heavy atom. The fraction of sp³-hybridized carbons (Fsp3) is 0.500. The zero-order valence-electron chi connectivity index (χ0n) is 6.55. The molecule has 0 amide bonds. The van der Waals surface area contributed by atoms with E-state index in [1.54, 1.807) is 11.3 Å². The van der Waals surface area contributed by atoms with Crippen molar-refractivity contribution in [1.29, 1.82) is 0 Å². The second-order valence-electron chi connectivity index (χ2n) is 2.82. The molecule has 66 valence electrons. The van der Waals surface area contributed by atoms with Gasteiger partial charge in [0.25, 0.3) is 0 Å². The van der Waals surface area contributed by atoms with Crippen LogP contribution in [0.2, 0.25) is 0 Å². The molecule has 1 aliphatic heterocycles. The summed E-state index contributed by atoms with van der Waals surface area (Å²) in [5.74, 6) is 0.987. The molecule has 0 spiro atoms. The molecule has 0 radical (unpaired) electrons. The minimum atomic E-state index is 0.367. The summed E-state index contributed by atoms with van der Waals surface area (Å²) in [4.78, 5) is 0. The zero-order valence-corrected chi connectivity index (χ0v) is 8.95. The van der Waals surface area contributed by atoms with Crippen LogP contribution in [0.1, 0.15) is 6.42 Å². The van der Waals surface area contributed by atoms with Gasteiger partial charge < -0.3 is 10.1 Å².